The van der Waals surface area contributed by atoms with Crippen molar-refractivity contribution in [3.8, 4) is 0 Å². The van der Waals surface area contributed by atoms with Crippen LogP contribution in [0.25, 0.3) is 0 Å². The number of aliphatic hydroxyl groups is 1. The van der Waals surface area contributed by atoms with E-state index in [1.807, 2.05) is 12.1 Å². The molecule has 39 heavy (non-hydrogen) atoms. The van der Waals surface area contributed by atoms with Gasteiger partial charge < -0.3 is 14.9 Å². The summed E-state index contributed by atoms with van der Waals surface area (Å²) in [7, 11) is 0. The van der Waals surface area contributed by atoms with Crippen LogP contribution in [0.2, 0.25) is 0 Å². The molecule has 0 spiro atoms. The van der Waals surface area contributed by atoms with Crippen LogP contribution in [0.15, 0.2) is 85.0 Å². The second-order valence-corrected chi connectivity index (χ2v) is 11.9. The monoisotopic (exact) mass is 534 g/mol. The van der Waals surface area contributed by atoms with Crippen LogP contribution < -0.4 is 0 Å². The Balaban J connectivity index is 0.000000234. The summed E-state index contributed by atoms with van der Waals surface area (Å²) in [6, 6.07) is 21.1. The number of benzene rings is 2. The molecule has 2 fully saturated rings. The van der Waals surface area contributed by atoms with Crippen LogP contribution in [0.3, 0.4) is 0 Å². The zero-order valence-corrected chi connectivity index (χ0v) is 24.4. The van der Waals surface area contributed by atoms with E-state index in [2.05, 4.69) is 89.4 Å². The molecule has 2 aromatic rings. The van der Waals surface area contributed by atoms with Crippen molar-refractivity contribution in [1.82, 2.24) is 0 Å². The molecule has 2 saturated carbocycles. The van der Waals surface area contributed by atoms with E-state index in [-0.39, 0.29) is 22.4 Å². The smallest absolute Gasteiger partial charge is 0.333 e. The summed E-state index contributed by atoms with van der Waals surface area (Å²) in [6.07, 6.45) is 2.28. The molecule has 0 aliphatic heterocycles. The maximum atomic E-state index is 11.4. The molecule has 2 N–H and O–H groups in total. The van der Waals surface area contributed by atoms with Crippen molar-refractivity contribution in [2.45, 2.75) is 66.2 Å². The lowest BCUT2D eigenvalue weighted by Crippen LogP contribution is -2.16. The van der Waals surface area contributed by atoms with Gasteiger partial charge in [-0.05, 0) is 66.9 Å². The van der Waals surface area contributed by atoms with E-state index in [4.69, 9.17) is 9.84 Å². The average Bonchev–Trinajstić information content (AvgIpc) is 3.82. The summed E-state index contributed by atoms with van der Waals surface area (Å²) in [6.45, 7) is 19.6. The first-order chi connectivity index (χ1) is 18.3. The highest BCUT2D eigenvalue weighted by Gasteiger charge is 2.53. The molecule has 4 rings (SSSR count). The Morgan fingerprint density at radius 2 is 1.23 bits per heavy atom. The normalized spacial score (nSPS) is 25.8. The second kappa shape index (κ2) is 13.7. The van der Waals surface area contributed by atoms with Gasteiger partial charge in [0, 0.05) is 23.2 Å². The van der Waals surface area contributed by atoms with E-state index in [1.165, 1.54) is 24.5 Å². The van der Waals surface area contributed by atoms with Gasteiger partial charge in [-0.25, -0.2) is 9.59 Å². The molecule has 0 amide bonds. The Kier molecular flexibility index (Phi) is 11.3. The molecule has 2 aromatic carbocycles. The molecule has 212 valence electrons. The zero-order valence-electron chi connectivity index (χ0n) is 24.4. The Bertz CT molecular complexity index is 1110. The number of carbonyl (C=O) groups is 2. The highest BCUT2D eigenvalue weighted by molar-refractivity contribution is 5.87. The lowest BCUT2D eigenvalue weighted by atomic mass is 9.91. The van der Waals surface area contributed by atoms with Crippen molar-refractivity contribution in [2.75, 3.05) is 13.2 Å². The van der Waals surface area contributed by atoms with Crippen LogP contribution in [-0.2, 0) is 14.3 Å². The Morgan fingerprint density at radius 1 is 0.846 bits per heavy atom. The summed E-state index contributed by atoms with van der Waals surface area (Å²) < 4.78 is 5.31. The van der Waals surface area contributed by atoms with Gasteiger partial charge in [0.15, 0.2) is 0 Å². The first kappa shape index (κ1) is 32.0. The van der Waals surface area contributed by atoms with Crippen molar-refractivity contribution in [1.29, 1.82) is 0 Å². The third kappa shape index (κ3) is 9.21. The zero-order chi connectivity index (χ0) is 29.4. The lowest BCUT2D eigenvalue weighted by molar-refractivity contribution is -0.140. The highest BCUT2D eigenvalue weighted by Crippen LogP contribution is 2.59. The fourth-order valence-electron chi connectivity index (χ4n) is 5.13. The second-order valence-electron chi connectivity index (χ2n) is 11.9. The Labute approximate surface area is 234 Å². The van der Waals surface area contributed by atoms with E-state index in [9.17, 15) is 14.7 Å². The standard InChI is InChI=1S/C17H22O2.C13H18O.C4H6O2/c1-12(2)16(18)19-11-17(4)10-15(17)13(3)14-8-6-5-7-9-14;1-10(11-6-4-3-5-7-11)12-8-13(12,2)9-14;1-3(2)4(5)6/h5-9,13,15H,1,10-11H2,2-4H3;3-7,10,12,14H,8-9H2,1-2H3;1H2,2H3,(H,5,6)/t13-,15-,17-;10-,12-,13-;/m00./s1. The van der Waals surface area contributed by atoms with Gasteiger partial charge in [0.25, 0.3) is 0 Å². The van der Waals surface area contributed by atoms with Crippen LogP contribution in [0.1, 0.15) is 77.3 Å². The van der Waals surface area contributed by atoms with Gasteiger partial charge in [0.2, 0.25) is 0 Å². The van der Waals surface area contributed by atoms with Gasteiger partial charge in [-0.3, -0.25) is 0 Å². The number of esters is 1. The molecule has 0 radical (unpaired) electrons. The van der Waals surface area contributed by atoms with Gasteiger partial charge in [-0.15, -0.1) is 0 Å². The molecule has 5 heteroatoms. The van der Waals surface area contributed by atoms with Crippen LogP contribution in [-0.4, -0.2) is 35.4 Å². The maximum absolute atomic E-state index is 11.4. The largest absolute Gasteiger partial charge is 0.478 e. The number of ether oxygens (including phenoxy) is 1. The summed E-state index contributed by atoms with van der Waals surface area (Å²) in [5.74, 6) is 1.13. The predicted molar refractivity (Wildman–Crippen MR) is 157 cm³/mol. The summed E-state index contributed by atoms with van der Waals surface area (Å²) in [5, 5.41) is 17.1. The van der Waals surface area contributed by atoms with Gasteiger partial charge in [0.05, 0.1) is 6.61 Å². The number of hydrogen-bond donors (Lipinski definition) is 2. The van der Waals surface area contributed by atoms with Crippen LogP contribution in [0, 0.1) is 22.7 Å². The third-order valence-corrected chi connectivity index (χ3v) is 8.31. The van der Waals surface area contributed by atoms with E-state index < -0.39 is 5.97 Å². The average molecular weight is 535 g/mol. The van der Waals surface area contributed by atoms with E-state index in [1.54, 1.807) is 6.92 Å². The summed E-state index contributed by atoms with van der Waals surface area (Å²) >= 11 is 0. The number of aliphatic carboxylic acids is 1. The van der Waals surface area contributed by atoms with Gasteiger partial charge in [-0.2, -0.15) is 0 Å². The van der Waals surface area contributed by atoms with Crippen molar-refractivity contribution in [3.63, 3.8) is 0 Å². The molecule has 6 atom stereocenters. The van der Waals surface area contributed by atoms with Gasteiger partial charge >= 0.3 is 11.9 Å². The number of carboxylic acids is 1. The van der Waals surface area contributed by atoms with E-state index >= 15 is 0 Å². The quantitative estimate of drug-likeness (QED) is 0.259. The third-order valence-electron chi connectivity index (χ3n) is 8.31. The molecule has 2 aliphatic carbocycles. The van der Waals surface area contributed by atoms with E-state index in [0.29, 0.717) is 42.5 Å². The number of aliphatic hydroxyl groups excluding tert-OH is 1. The van der Waals surface area contributed by atoms with E-state index in [0.717, 1.165) is 6.42 Å². The van der Waals surface area contributed by atoms with Crippen molar-refractivity contribution >= 4 is 11.9 Å². The fraction of sp³-hybridized carbons (Fsp3) is 0.471. The topological polar surface area (TPSA) is 83.8 Å². The highest BCUT2D eigenvalue weighted by atomic mass is 16.5. The van der Waals surface area contributed by atoms with Crippen LogP contribution in [0.4, 0.5) is 0 Å². The molecule has 0 saturated heterocycles. The Hall–Kier alpha value is -3.18. The Morgan fingerprint density at radius 3 is 1.56 bits per heavy atom. The predicted octanol–water partition coefficient (Wildman–Crippen LogP) is 7.39. The fourth-order valence-corrected chi connectivity index (χ4v) is 5.13. The molecular formula is C34H46O5. The van der Waals surface area contributed by atoms with Crippen molar-refractivity contribution < 1.29 is 24.5 Å². The molecule has 5 nitrogen and oxygen atoms in total. The van der Waals surface area contributed by atoms with Crippen molar-refractivity contribution in [3.05, 3.63) is 96.1 Å². The number of carbonyl (C=O) groups excluding carboxylic acids is 1. The minimum Gasteiger partial charge on any atom is -0.478 e. The van der Waals surface area contributed by atoms with Gasteiger partial charge in [0.1, 0.15) is 0 Å². The molecule has 0 aromatic heterocycles. The summed E-state index contributed by atoms with van der Waals surface area (Å²) in [5.41, 5.74) is 3.72. The number of carboxylic acid groups (broad SMARTS) is 1. The molecule has 0 bridgehead atoms. The minimum atomic E-state index is -0.935. The molecule has 0 heterocycles. The molecular weight excluding hydrogens is 488 g/mol. The van der Waals surface area contributed by atoms with Crippen LogP contribution >= 0.6 is 0 Å². The maximum Gasteiger partial charge on any atom is 0.333 e. The van der Waals surface area contributed by atoms with Crippen LogP contribution in [0.5, 0.6) is 0 Å². The SMILES string of the molecule is C=C(C)C(=O)O.C=C(C)C(=O)OC[C@]1(C)C[C@H]1[C@@H](C)c1ccccc1.C[C@@H](c1ccccc1)[C@@H]1C[C@@]1(C)CO. The minimum absolute atomic E-state index is 0.125. The van der Waals surface area contributed by atoms with Gasteiger partial charge in [-0.1, -0.05) is 102 Å². The lowest BCUT2D eigenvalue weighted by Gasteiger charge is -2.17. The molecule has 0 unspecified atom stereocenters. The van der Waals surface area contributed by atoms with Crippen molar-refractivity contribution in [2.24, 2.45) is 22.7 Å². The molecule has 2 aliphatic rings. The summed E-state index contributed by atoms with van der Waals surface area (Å²) in [4.78, 5) is 21.0. The number of hydrogen-bond acceptors (Lipinski definition) is 4. The number of rotatable bonds is 9. The first-order valence-corrected chi connectivity index (χ1v) is 13.7. The first-order valence-electron chi connectivity index (χ1n) is 13.7.